The van der Waals surface area contributed by atoms with Gasteiger partial charge in [0.2, 0.25) is 0 Å². The van der Waals surface area contributed by atoms with Crippen molar-refractivity contribution in [1.82, 2.24) is 5.32 Å². The van der Waals surface area contributed by atoms with Crippen molar-refractivity contribution in [2.75, 3.05) is 11.9 Å². The van der Waals surface area contributed by atoms with Crippen molar-refractivity contribution < 1.29 is 24.6 Å². The number of benzene rings is 1. The molecule has 0 aromatic heterocycles. The van der Waals surface area contributed by atoms with Crippen LogP contribution in [-0.2, 0) is 16.0 Å². The third kappa shape index (κ3) is 3.71. The van der Waals surface area contributed by atoms with Gasteiger partial charge in [0.15, 0.2) is 0 Å². The molecule has 0 saturated heterocycles. The lowest BCUT2D eigenvalue weighted by molar-refractivity contribution is -0.145. The normalized spacial score (nSPS) is 14.5. The average molecular weight is 292 g/mol. The molecule has 0 radical (unpaired) electrons. The van der Waals surface area contributed by atoms with Gasteiger partial charge in [0.25, 0.3) is 5.91 Å². The molecule has 0 spiro atoms. The van der Waals surface area contributed by atoms with Crippen LogP contribution in [0.2, 0.25) is 0 Å². The number of aryl methyl sites for hydroxylation is 1. The molecule has 1 aromatic rings. The fraction of sp³-hybridized carbons (Fsp3) is 0.357. The summed E-state index contributed by atoms with van der Waals surface area (Å²) < 4.78 is 0. The zero-order valence-corrected chi connectivity index (χ0v) is 11.3. The number of rotatable bonds is 5. The zero-order valence-electron chi connectivity index (χ0n) is 11.3. The number of fused-ring (bicyclic) bond motifs is 1. The average Bonchev–Trinajstić information content (AvgIpc) is 2.45. The Morgan fingerprint density at radius 1 is 1.29 bits per heavy atom. The van der Waals surface area contributed by atoms with Crippen molar-refractivity contribution in [3.63, 3.8) is 0 Å². The molecule has 4 N–H and O–H groups in total. The molecule has 1 aliphatic heterocycles. The molecule has 0 fully saturated rings. The summed E-state index contributed by atoms with van der Waals surface area (Å²) in [5.41, 5.74) is 2.30. The minimum Gasteiger partial charge on any atom is -0.481 e. The maximum absolute atomic E-state index is 12.0. The van der Waals surface area contributed by atoms with Crippen LogP contribution in [0.5, 0.6) is 0 Å². The first kappa shape index (κ1) is 14.8. The van der Waals surface area contributed by atoms with E-state index in [1.807, 2.05) is 0 Å². The third-order valence-corrected chi connectivity index (χ3v) is 3.29. The summed E-state index contributed by atoms with van der Waals surface area (Å²) in [5, 5.41) is 23.0. The molecule has 1 amide bonds. The van der Waals surface area contributed by atoms with Crippen LogP contribution in [0.25, 0.3) is 0 Å². The molecule has 2 rings (SSSR count). The zero-order chi connectivity index (χ0) is 15.4. The Kier molecular flexibility index (Phi) is 4.42. The molecule has 1 atom stereocenters. The molecule has 7 nitrogen and oxygen atoms in total. The van der Waals surface area contributed by atoms with Crippen LogP contribution in [0.4, 0.5) is 5.69 Å². The number of carbonyl (C=O) groups is 3. The van der Waals surface area contributed by atoms with E-state index < -0.39 is 30.3 Å². The number of amides is 1. The molecule has 112 valence electrons. The molecular formula is C14H16N2O5. The second-order valence-electron chi connectivity index (χ2n) is 4.86. The van der Waals surface area contributed by atoms with E-state index in [2.05, 4.69) is 10.6 Å². The highest BCUT2D eigenvalue weighted by Crippen LogP contribution is 2.22. The summed E-state index contributed by atoms with van der Waals surface area (Å²) in [6.45, 7) is 0.887. The Balaban J connectivity index is 2.12. The smallest absolute Gasteiger partial charge is 0.326 e. The van der Waals surface area contributed by atoms with Gasteiger partial charge in [0, 0.05) is 17.8 Å². The van der Waals surface area contributed by atoms with Crippen LogP contribution in [-0.4, -0.2) is 40.6 Å². The van der Waals surface area contributed by atoms with Gasteiger partial charge < -0.3 is 20.8 Å². The minimum atomic E-state index is -1.44. The van der Waals surface area contributed by atoms with Crippen LogP contribution in [0, 0.1) is 0 Å². The lowest BCUT2D eigenvalue weighted by Crippen LogP contribution is -2.42. The maximum Gasteiger partial charge on any atom is 0.326 e. The molecular weight excluding hydrogens is 276 g/mol. The number of carbonyl (C=O) groups excluding carboxylic acids is 1. The highest BCUT2D eigenvalue weighted by Gasteiger charge is 2.24. The van der Waals surface area contributed by atoms with Crippen LogP contribution >= 0.6 is 0 Å². The molecule has 7 heteroatoms. The third-order valence-electron chi connectivity index (χ3n) is 3.29. The molecule has 1 aromatic carbocycles. The maximum atomic E-state index is 12.0. The summed E-state index contributed by atoms with van der Waals surface area (Å²) in [4.78, 5) is 33.6. The van der Waals surface area contributed by atoms with Crippen molar-refractivity contribution >= 4 is 23.5 Å². The van der Waals surface area contributed by atoms with E-state index in [1.54, 1.807) is 18.2 Å². The fourth-order valence-corrected chi connectivity index (χ4v) is 2.23. The van der Waals surface area contributed by atoms with E-state index >= 15 is 0 Å². The van der Waals surface area contributed by atoms with Crippen molar-refractivity contribution in [3.8, 4) is 0 Å². The molecule has 0 bridgehead atoms. The second-order valence-corrected chi connectivity index (χ2v) is 4.86. The van der Waals surface area contributed by atoms with Crippen molar-refractivity contribution in [1.29, 1.82) is 0 Å². The van der Waals surface area contributed by atoms with Gasteiger partial charge in [-0.3, -0.25) is 9.59 Å². The summed E-state index contributed by atoms with van der Waals surface area (Å²) in [6, 6.07) is 3.63. The van der Waals surface area contributed by atoms with Gasteiger partial charge in [-0.25, -0.2) is 4.79 Å². The molecule has 0 aliphatic carbocycles. The van der Waals surface area contributed by atoms with E-state index in [9.17, 15) is 14.4 Å². The van der Waals surface area contributed by atoms with E-state index in [-0.39, 0.29) is 0 Å². The van der Waals surface area contributed by atoms with Crippen LogP contribution in [0.1, 0.15) is 28.8 Å². The van der Waals surface area contributed by atoms with Crippen LogP contribution < -0.4 is 10.6 Å². The van der Waals surface area contributed by atoms with Gasteiger partial charge in [-0.05, 0) is 36.6 Å². The Morgan fingerprint density at radius 2 is 2.05 bits per heavy atom. The summed E-state index contributed by atoms with van der Waals surface area (Å²) in [6.07, 6.45) is 1.16. The minimum absolute atomic E-state index is 0.328. The van der Waals surface area contributed by atoms with Gasteiger partial charge in [-0.1, -0.05) is 0 Å². The number of aliphatic carboxylic acids is 2. The van der Waals surface area contributed by atoms with Crippen LogP contribution in [0.3, 0.4) is 0 Å². The van der Waals surface area contributed by atoms with Gasteiger partial charge in [0.1, 0.15) is 6.04 Å². The number of carboxylic acids is 2. The summed E-state index contributed by atoms with van der Waals surface area (Å²) in [5.74, 6) is -3.24. The van der Waals surface area contributed by atoms with Crippen molar-refractivity contribution in [2.45, 2.75) is 25.3 Å². The number of nitrogens with one attached hydrogen (secondary N) is 2. The SMILES string of the molecule is O=C(O)CC(NC(=O)c1ccc2c(c1)CCCN2)C(=O)O. The predicted octanol–water partition coefficient (Wildman–Crippen LogP) is 0.702. The van der Waals surface area contributed by atoms with Crippen molar-refractivity contribution in [3.05, 3.63) is 29.3 Å². The van der Waals surface area contributed by atoms with E-state index in [0.717, 1.165) is 30.6 Å². The summed E-state index contributed by atoms with van der Waals surface area (Å²) >= 11 is 0. The van der Waals surface area contributed by atoms with Gasteiger partial charge in [-0.15, -0.1) is 0 Å². The molecule has 0 saturated carbocycles. The number of hydrogen-bond acceptors (Lipinski definition) is 4. The molecule has 21 heavy (non-hydrogen) atoms. The van der Waals surface area contributed by atoms with Gasteiger partial charge in [-0.2, -0.15) is 0 Å². The first-order valence-electron chi connectivity index (χ1n) is 6.59. The fourth-order valence-electron chi connectivity index (χ4n) is 2.23. The lowest BCUT2D eigenvalue weighted by atomic mass is 10.0. The Morgan fingerprint density at radius 3 is 2.71 bits per heavy atom. The quantitative estimate of drug-likeness (QED) is 0.635. The van der Waals surface area contributed by atoms with Crippen molar-refractivity contribution in [2.24, 2.45) is 0 Å². The Hall–Kier alpha value is -2.57. The van der Waals surface area contributed by atoms with Gasteiger partial charge >= 0.3 is 11.9 Å². The standard InChI is InChI=1S/C14H16N2O5/c17-12(18)7-11(14(20)21)16-13(19)9-3-4-10-8(6-9)2-1-5-15-10/h3-4,6,11,15H,1-2,5,7H2,(H,16,19)(H,17,18)(H,20,21). The number of hydrogen-bond donors (Lipinski definition) is 4. The van der Waals surface area contributed by atoms with E-state index in [4.69, 9.17) is 10.2 Å². The van der Waals surface area contributed by atoms with Crippen LogP contribution in [0.15, 0.2) is 18.2 Å². The highest BCUT2D eigenvalue weighted by molar-refractivity contribution is 5.97. The number of anilines is 1. The number of carboxylic acid groups (broad SMARTS) is 2. The second kappa shape index (κ2) is 6.25. The lowest BCUT2D eigenvalue weighted by Gasteiger charge is -2.19. The molecule has 1 unspecified atom stereocenters. The first-order valence-corrected chi connectivity index (χ1v) is 6.59. The predicted molar refractivity (Wildman–Crippen MR) is 74.4 cm³/mol. The summed E-state index contributed by atoms with van der Waals surface area (Å²) in [7, 11) is 0. The largest absolute Gasteiger partial charge is 0.481 e. The Labute approximate surface area is 121 Å². The molecule has 1 aliphatic rings. The Bertz CT molecular complexity index is 585. The van der Waals surface area contributed by atoms with Gasteiger partial charge in [0.05, 0.1) is 6.42 Å². The molecule has 1 heterocycles. The highest BCUT2D eigenvalue weighted by atomic mass is 16.4. The first-order chi connectivity index (χ1) is 9.97. The van der Waals surface area contributed by atoms with E-state index in [0.29, 0.717) is 5.56 Å². The topological polar surface area (TPSA) is 116 Å². The monoisotopic (exact) mass is 292 g/mol. The van der Waals surface area contributed by atoms with E-state index in [1.165, 1.54) is 0 Å².